The first kappa shape index (κ1) is 15.5. The van der Waals surface area contributed by atoms with Crippen molar-refractivity contribution >= 4 is 21.8 Å². The molecular weight excluding hydrogens is 304 g/mol. The van der Waals surface area contributed by atoms with E-state index in [9.17, 15) is 0 Å². The molecule has 0 atom stereocenters. The Morgan fingerprint density at radius 1 is 0.920 bits per heavy atom. The van der Waals surface area contributed by atoms with E-state index < -0.39 is 0 Å². The largest absolute Gasteiger partial charge is 0.248 e. The van der Waals surface area contributed by atoms with E-state index in [-0.39, 0.29) is 0 Å². The van der Waals surface area contributed by atoms with E-state index in [1.54, 1.807) is 0 Å². The van der Waals surface area contributed by atoms with Gasteiger partial charge in [-0.3, -0.25) is 0 Å². The summed E-state index contributed by atoms with van der Waals surface area (Å²) >= 11 is 0. The summed E-state index contributed by atoms with van der Waals surface area (Å²) in [5.74, 6) is 0. The Morgan fingerprint density at radius 3 is 2.60 bits per heavy atom. The maximum absolute atomic E-state index is 4.86. The van der Waals surface area contributed by atoms with Gasteiger partial charge in [0, 0.05) is 23.3 Å². The van der Waals surface area contributed by atoms with Crippen molar-refractivity contribution in [2.75, 3.05) is 0 Å². The lowest BCUT2D eigenvalue weighted by Crippen LogP contribution is -2.34. The zero-order chi connectivity index (χ0) is 17.1. The molecule has 0 amide bonds. The van der Waals surface area contributed by atoms with E-state index in [0.29, 0.717) is 0 Å². The number of aryl methyl sites for hydroxylation is 1. The fourth-order valence-electron chi connectivity index (χ4n) is 3.27. The smallest absolute Gasteiger partial charge is 0.212 e. The summed E-state index contributed by atoms with van der Waals surface area (Å²) in [6.07, 6.45) is 6.33. The summed E-state index contributed by atoms with van der Waals surface area (Å²) in [5, 5.41) is 2.42. The summed E-state index contributed by atoms with van der Waals surface area (Å²) in [5.41, 5.74) is 4.47. The van der Waals surface area contributed by atoms with Crippen LogP contribution in [0.5, 0.6) is 0 Å². The molecule has 0 aliphatic rings. The first-order chi connectivity index (χ1) is 12.3. The second-order valence-electron chi connectivity index (χ2n) is 6.30. The zero-order valence-electron chi connectivity index (χ0n) is 14.2. The van der Waals surface area contributed by atoms with Gasteiger partial charge >= 0.3 is 0 Å². The first-order valence-electron chi connectivity index (χ1n) is 8.74. The summed E-state index contributed by atoms with van der Waals surface area (Å²) in [7, 11) is 0. The van der Waals surface area contributed by atoms with Crippen molar-refractivity contribution in [1.82, 2.24) is 4.98 Å². The second-order valence-corrected chi connectivity index (χ2v) is 6.30. The van der Waals surface area contributed by atoms with Gasteiger partial charge in [0.2, 0.25) is 5.52 Å². The Morgan fingerprint density at radius 2 is 1.72 bits per heavy atom. The number of hydrogen-bond acceptors (Lipinski definition) is 1. The van der Waals surface area contributed by atoms with Gasteiger partial charge in [-0.2, -0.15) is 4.57 Å². The number of benzene rings is 2. The summed E-state index contributed by atoms with van der Waals surface area (Å²) in [6, 6.07) is 23.3. The van der Waals surface area contributed by atoms with Crippen molar-refractivity contribution in [3.8, 4) is 11.3 Å². The highest BCUT2D eigenvalue weighted by Gasteiger charge is 2.13. The molecule has 25 heavy (non-hydrogen) atoms. The minimum atomic E-state index is 0.980. The lowest BCUT2D eigenvalue weighted by Gasteiger charge is -2.06. The average molecular weight is 325 g/mol. The molecule has 4 rings (SSSR count). The quantitative estimate of drug-likeness (QED) is 0.276. The fraction of sp³-hybridized carbons (Fsp3) is 0.130. The van der Waals surface area contributed by atoms with Gasteiger partial charge in [-0.1, -0.05) is 42.5 Å². The number of pyridine rings is 2. The number of aromatic nitrogens is 2. The highest BCUT2D eigenvalue weighted by Crippen LogP contribution is 2.23. The van der Waals surface area contributed by atoms with Crippen LogP contribution in [-0.2, 0) is 6.54 Å². The van der Waals surface area contributed by atoms with Crippen LogP contribution in [0.3, 0.4) is 0 Å². The number of nitrogens with zero attached hydrogens (tertiary/aromatic N) is 2. The number of para-hydroxylation sites is 2. The maximum atomic E-state index is 4.86. The molecule has 0 aliphatic heterocycles. The van der Waals surface area contributed by atoms with E-state index in [4.69, 9.17) is 4.98 Å². The van der Waals surface area contributed by atoms with E-state index in [1.807, 2.05) is 18.2 Å². The van der Waals surface area contributed by atoms with Gasteiger partial charge in [-0.25, -0.2) is 4.98 Å². The first-order valence-corrected chi connectivity index (χ1v) is 8.74. The predicted molar refractivity (Wildman–Crippen MR) is 104 cm³/mol. The molecule has 2 nitrogen and oxygen atoms in total. The number of hydrogen-bond donors (Lipinski definition) is 0. The third-order valence-electron chi connectivity index (χ3n) is 4.55. The Kier molecular flexibility index (Phi) is 4.26. The summed E-state index contributed by atoms with van der Waals surface area (Å²) in [6.45, 7) is 4.81. The van der Waals surface area contributed by atoms with Crippen molar-refractivity contribution in [3.05, 3.63) is 85.6 Å². The lowest BCUT2D eigenvalue weighted by molar-refractivity contribution is -0.671. The number of fused-ring (bicyclic) bond motifs is 2. The molecule has 4 aromatic rings. The van der Waals surface area contributed by atoms with Crippen molar-refractivity contribution < 1.29 is 4.57 Å². The van der Waals surface area contributed by atoms with E-state index in [0.717, 1.165) is 36.2 Å². The van der Waals surface area contributed by atoms with Gasteiger partial charge in [0.1, 0.15) is 6.54 Å². The molecule has 2 heterocycles. The van der Waals surface area contributed by atoms with Gasteiger partial charge in [0.05, 0.1) is 16.8 Å². The molecule has 0 aliphatic carbocycles. The monoisotopic (exact) mass is 325 g/mol. The minimum absolute atomic E-state index is 0.980. The highest BCUT2D eigenvalue weighted by atomic mass is 14.9. The van der Waals surface area contributed by atoms with Crippen molar-refractivity contribution in [2.45, 2.75) is 19.4 Å². The molecule has 0 fully saturated rings. The van der Waals surface area contributed by atoms with Crippen LogP contribution in [0.1, 0.15) is 12.8 Å². The van der Waals surface area contributed by atoms with E-state index >= 15 is 0 Å². The number of allylic oxidation sites excluding steroid dienone is 1. The molecule has 0 bridgehead atoms. The van der Waals surface area contributed by atoms with Crippen molar-refractivity contribution in [1.29, 1.82) is 0 Å². The summed E-state index contributed by atoms with van der Waals surface area (Å²) in [4.78, 5) is 4.86. The van der Waals surface area contributed by atoms with Gasteiger partial charge in [0.15, 0.2) is 6.20 Å². The SMILES string of the molecule is C=CCCC[n+]1cc(-c2ccc3ccccc3n2)cc2ccccc21. The molecule has 0 saturated heterocycles. The molecule has 0 unspecified atom stereocenters. The number of rotatable bonds is 5. The third-order valence-corrected chi connectivity index (χ3v) is 4.55. The van der Waals surface area contributed by atoms with Crippen LogP contribution in [0.25, 0.3) is 33.1 Å². The Labute approximate surface area is 148 Å². The third kappa shape index (κ3) is 3.16. The van der Waals surface area contributed by atoms with Crippen LogP contribution in [0.2, 0.25) is 0 Å². The Bertz CT molecular complexity index is 1050. The van der Waals surface area contributed by atoms with Crippen LogP contribution < -0.4 is 4.57 Å². The topological polar surface area (TPSA) is 16.8 Å². The molecule has 0 radical (unpaired) electrons. The van der Waals surface area contributed by atoms with Crippen LogP contribution in [0.4, 0.5) is 0 Å². The fourth-order valence-corrected chi connectivity index (χ4v) is 3.27. The predicted octanol–water partition coefficient (Wildman–Crippen LogP) is 5.31. The molecule has 122 valence electrons. The normalized spacial score (nSPS) is 11.0. The van der Waals surface area contributed by atoms with Crippen LogP contribution in [-0.4, -0.2) is 4.98 Å². The van der Waals surface area contributed by atoms with Gasteiger partial charge in [-0.15, -0.1) is 6.58 Å². The molecule has 2 heteroatoms. The molecule has 2 aromatic carbocycles. The van der Waals surface area contributed by atoms with Crippen LogP contribution >= 0.6 is 0 Å². The molecule has 2 aromatic heterocycles. The zero-order valence-corrected chi connectivity index (χ0v) is 14.2. The van der Waals surface area contributed by atoms with Gasteiger partial charge < -0.3 is 0 Å². The van der Waals surface area contributed by atoms with Gasteiger partial charge in [-0.05, 0) is 30.7 Å². The standard InChI is InChI=1S/C23H21N2/c1-2-3-8-15-25-17-20(16-19-10-5-7-12-23(19)25)22-14-13-18-9-4-6-11-21(18)24-22/h2,4-7,9-14,16-17H,1,3,8,15H2/q+1. The minimum Gasteiger partial charge on any atom is -0.248 e. The van der Waals surface area contributed by atoms with E-state index in [2.05, 4.69) is 71.9 Å². The average Bonchev–Trinajstić information content (AvgIpc) is 2.67. The molecular formula is C23H21N2+. The van der Waals surface area contributed by atoms with Gasteiger partial charge in [0.25, 0.3) is 0 Å². The molecule has 0 spiro atoms. The number of unbranched alkanes of at least 4 members (excludes halogenated alkanes) is 1. The second kappa shape index (κ2) is 6.86. The van der Waals surface area contributed by atoms with Crippen molar-refractivity contribution in [3.63, 3.8) is 0 Å². The highest BCUT2D eigenvalue weighted by molar-refractivity contribution is 5.84. The van der Waals surface area contributed by atoms with E-state index in [1.165, 1.54) is 16.3 Å². The van der Waals surface area contributed by atoms with Crippen LogP contribution in [0, 0.1) is 0 Å². The van der Waals surface area contributed by atoms with Crippen molar-refractivity contribution in [2.24, 2.45) is 0 Å². The Balaban J connectivity index is 1.83. The van der Waals surface area contributed by atoms with Crippen LogP contribution in [0.15, 0.2) is 85.6 Å². The summed E-state index contributed by atoms with van der Waals surface area (Å²) < 4.78 is 2.34. The lowest BCUT2D eigenvalue weighted by atomic mass is 10.1. The maximum Gasteiger partial charge on any atom is 0.212 e. The Hall–Kier alpha value is -3.00. The molecule has 0 saturated carbocycles. The molecule has 0 N–H and O–H groups in total.